The zero-order chi connectivity index (χ0) is 17.2. The molecule has 7 atom stereocenters. The fourth-order valence-electron chi connectivity index (χ4n) is 6.97. The van der Waals surface area contributed by atoms with Crippen LogP contribution in [0.4, 0.5) is 0 Å². The number of fused-ring (bicyclic) bond motifs is 2. The minimum absolute atomic E-state index is 0.0846. The van der Waals surface area contributed by atoms with Crippen molar-refractivity contribution in [2.24, 2.45) is 22.7 Å². The van der Waals surface area contributed by atoms with Gasteiger partial charge >= 0.3 is 0 Å². The first kappa shape index (κ1) is 16.9. The minimum Gasteiger partial charge on any atom is -0.498 e. The highest BCUT2D eigenvalue weighted by atomic mass is 16.6. The van der Waals surface area contributed by atoms with Crippen LogP contribution in [0.25, 0.3) is 0 Å². The van der Waals surface area contributed by atoms with Crippen molar-refractivity contribution in [3.63, 3.8) is 0 Å². The molecule has 2 aliphatic heterocycles. The van der Waals surface area contributed by atoms with E-state index in [2.05, 4.69) is 26.8 Å². The van der Waals surface area contributed by atoms with Gasteiger partial charge in [-0.05, 0) is 49.5 Å². The van der Waals surface area contributed by atoms with E-state index in [0.29, 0.717) is 12.5 Å². The molecule has 136 valence electrons. The molecule has 3 fully saturated rings. The molecule has 2 N–H and O–H groups in total. The summed E-state index contributed by atoms with van der Waals surface area (Å²) in [5, 5.41) is 21.1. The van der Waals surface area contributed by atoms with Gasteiger partial charge < -0.3 is 19.7 Å². The Bertz CT molecular complexity index is 548. The van der Waals surface area contributed by atoms with Crippen molar-refractivity contribution in [3.8, 4) is 0 Å². The number of hydrogen-bond acceptors (Lipinski definition) is 4. The van der Waals surface area contributed by atoms with Crippen molar-refractivity contribution in [2.45, 2.75) is 76.6 Å². The lowest BCUT2D eigenvalue weighted by Crippen LogP contribution is -2.67. The molecule has 0 aromatic heterocycles. The Kier molecular flexibility index (Phi) is 3.66. The quantitative estimate of drug-likeness (QED) is 0.773. The zero-order valence-electron chi connectivity index (χ0n) is 15.3. The second-order valence-corrected chi connectivity index (χ2v) is 9.44. The summed E-state index contributed by atoms with van der Waals surface area (Å²) in [7, 11) is 0. The van der Waals surface area contributed by atoms with Gasteiger partial charge in [-0.1, -0.05) is 27.2 Å². The molecule has 2 aliphatic carbocycles. The molecule has 2 spiro atoms. The maximum Gasteiger partial charge on any atom is 0.124 e. The lowest BCUT2D eigenvalue weighted by molar-refractivity contribution is -0.270. The molecule has 4 nitrogen and oxygen atoms in total. The molecule has 2 saturated carbocycles. The zero-order valence-corrected chi connectivity index (χ0v) is 15.3. The minimum atomic E-state index is -0.358. The normalized spacial score (nSPS) is 56.6. The summed E-state index contributed by atoms with van der Waals surface area (Å²) >= 11 is 0. The van der Waals surface area contributed by atoms with E-state index < -0.39 is 0 Å². The van der Waals surface area contributed by atoms with Gasteiger partial charge in [0.05, 0.1) is 18.0 Å². The standard InChI is InChI=1S/C20H32O4/c1-14-11-15(22)16-17(2,12-21)5-4-6-18(16,3)20(14)8-7-19(24-20)9-10-23-13-19/h9-10,14-16,21-22H,4-8,11-13H2,1-3H3/t14-,15-,16+,17-,18+,19?,20-/m1/s1. The fourth-order valence-corrected chi connectivity index (χ4v) is 6.97. The van der Waals surface area contributed by atoms with Crippen LogP contribution in [-0.2, 0) is 9.47 Å². The van der Waals surface area contributed by atoms with Crippen molar-refractivity contribution >= 4 is 0 Å². The molecule has 4 rings (SSSR count). The summed E-state index contributed by atoms with van der Waals surface area (Å²) in [6.45, 7) is 7.48. The van der Waals surface area contributed by atoms with Crippen LogP contribution in [0.2, 0.25) is 0 Å². The molecular weight excluding hydrogens is 304 g/mol. The number of aliphatic hydroxyl groups is 2. The molecule has 1 saturated heterocycles. The van der Waals surface area contributed by atoms with E-state index in [1.54, 1.807) is 6.26 Å². The average molecular weight is 336 g/mol. The highest BCUT2D eigenvalue weighted by molar-refractivity contribution is 5.21. The number of rotatable bonds is 1. The van der Waals surface area contributed by atoms with Crippen molar-refractivity contribution in [2.75, 3.05) is 13.2 Å². The largest absolute Gasteiger partial charge is 0.498 e. The topological polar surface area (TPSA) is 58.9 Å². The molecule has 0 bridgehead atoms. The van der Waals surface area contributed by atoms with Gasteiger partial charge in [-0.3, -0.25) is 0 Å². The Labute approximate surface area is 145 Å². The summed E-state index contributed by atoms with van der Waals surface area (Å²) < 4.78 is 12.4. The first-order valence-electron chi connectivity index (χ1n) is 9.59. The van der Waals surface area contributed by atoms with Crippen LogP contribution in [0.5, 0.6) is 0 Å². The fraction of sp³-hybridized carbons (Fsp3) is 0.900. The van der Waals surface area contributed by atoms with E-state index in [0.717, 1.165) is 38.5 Å². The molecule has 0 radical (unpaired) electrons. The van der Waals surface area contributed by atoms with Gasteiger partial charge in [-0.2, -0.15) is 0 Å². The molecule has 4 aliphatic rings. The highest BCUT2D eigenvalue weighted by Gasteiger charge is 2.69. The van der Waals surface area contributed by atoms with Crippen molar-refractivity contribution in [3.05, 3.63) is 12.3 Å². The molecule has 1 unspecified atom stereocenters. The molecule has 0 amide bonds. The van der Waals surface area contributed by atoms with Crippen LogP contribution in [0.15, 0.2) is 12.3 Å². The van der Waals surface area contributed by atoms with Gasteiger partial charge in [0, 0.05) is 17.9 Å². The van der Waals surface area contributed by atoms with Gasteiger partial charge in [0.25, 0.3) is 0 Å². The van der Waals surface area contributed by atoms with Gasteiger partial charge in [0.2, 0.25) is 0 Å². The number of hydrogen-bond donors (Lipinski definition) is 2. The second kappa shape index (κ2) is 5.21. The Balaban J connectivity index is 1.78. The lowest BCUT2D eigenvalue weighted by atomic mass is 9.43. The summed E-state index contributed by atoms with van der Waals surface area (Å²) in [5.74, 6) is 0.393. The Morgan fingerprint density at radius 2 is 1.96 bits per heavy atom. The van der Waals surface area contributed by atoms with Gasteiger partial charge in [-0.15, -0.1) is 0 Å². The van der Waals surface area contributed by atoms with Crippen LogP contribution in [0, 0.1) is 22.7 Å². The van der Waals surface area contributed by atoms with Gasteiger partial charge in [-0.25, -0.2) is 0 Å². The smallest absolute Gasteiger partial charge is 0.124 e. The first-order valence-corrected chi connectivity index (χ1v) is 9.59. The lowest BCUT2D eigenvalue weighted by Gasteiger charge is -2.65. The maximum atomic E-state index is 11.0. The summed E-state index contributed by atoms with van der Waals surface area (Å²) in [4.78, 5) is 0. The number of aliphatic hydroxyl groups excluding tert-OH is 2. The molecule has 4 heteroatoms. The van der Waals surface area contributed by atoms with Crippen LogP contribution in [0.1, 0.15) is 59.3 Å². The third kappa shape index (κ3) is 1.96. The summed E-state index contributed by atoms with van der Waals surface area (Å²) in [6, 6.07) is 0. The third-order valence-corrected chi connectivity index (χ3v) is 8.09. The van der Waals surface area contributed by atoms with Crippen molar-refractivity contribution in [1.82, 2.24) is 0 Å². The molecule has 24 heavy (non-hydrogen) atoms. The average Bonchev–Trinajstić information content (AvgIpc) is 3.15. The predicted octanol–water partition coefficient (Wildman–Crippen LogP) is 3.02. The summed E-state index contributed by atoms with van der Waals surface area (Å²) in [5.41, 5.74) is -0.844. The molecule has 0 aromatic rings. The Morgan fingerprint density at radius 1 is 1.17 bits per heavy atom. The summed E-state index contributed by atoms with van der Waals surface area (Å²) in [6.07, 6.45) is 9.42. The third-order valence-electron chi connectivity index (χ3n) is 8.09. The Hall–Kier alpha value is -0.580. The molecule has 2 heterocycles. The van der Waals surface area contributed by atoms with Crippen LogP contribution >= 0.6 is 0 Å². The van der Waals surface area contributed by atoms with E-state index in [-0.39, 0.29) is 40.7 Å². The van der Waals surface area contributed by atoms with E-state index in [4.69, 9.17) is 9.47 Å². The highest BCUT2D eigenvalue weighted by Crippen LogP contribution is 2.67. The van der Waals surface area contributed by atoms with Crippen molar-refractivity contribution < 1.29 is 19.7 Å². The van der Waals surface area contributed by atoms with E-state index in [1.807, 2.05) is 0 Å². The Morgan fingerprint density at radius 3 is 2.62 bits per heavy atom. The monoisotopic (exact) mass is 336 g/mol. The van der Waals surface area contributed by atoms with Gasteiger partial charge in [0.15, 0.2) is 0 Å². The molecule has 0 aromatic carbocycles. The van der Waals surface area contributed by atoms with E-state index in [1.165, 1.54) is 0 Å². The first-order chi connectivity index (χ1) is 11.3. The van der Waals surface area contributed by atoms with E-state index in [9.17, 15) is 10.2 Å². The van der Waals surface area contributed by atoms with Crippen LogP contribution in [-0.4, -0.2) is 40.7 Å². The predicted molar refractivity (Wildman–Crippen MR) is 91.3 cm³/mol. The van der Waals surface area contributed by atoms with Crippen LogP contribution < -0.4 is 0 Å². The number of ether oxygens (including phenoxy) is 2. The SMILES string of the molecule is C[C@@H]1C[C@@H](O)[C@H]2[C@@](C)(CO)CCC[C@]2(C)[C@@]12CCC1(C=COC1)O2. The molecular formula is C20H32O4. The van der Waals surface area contributed by atoms with E-state index >= 15 is 0 Å². The van der Waals surface area contributed by atoms with Crippen LogP contribution in [0.3, 0.4) is 0 Å². The maximum absolute atomic E-state index is 11.0. The second-order valence-electron chi connectivity index (χ2n) is 9.44. The van der Waals surface area contributed by atoms with Gasteiger partial charge in [0.1, 0.15) is 12.2 Å². The van der Waals surface area contributed by atoms with Crippen molar-refractivity contribution in [1.29, 1.82) is 0 Å².